The van der Waals surface area contributed by atoms with Crippen molar-refractivity contribution < 1.29 is 9.53 Å². The zero-order valence-electron chi connectivity index (χ0n) is 12.7. The van der Waals surface area contributed by atoms with Crippen LogP contribution in [0.15, 0.2) is 24.4 Å². The van der Waals surface area contributed by atoms with Crippen molar-refractivity contribution in [3.8, 4) is 5.69 Å². The first-order valence-electron chi connectivity index (χ1n) is 7.46. The molecule has 7 heteroatoms. The second-order valence-electron chi connectivity index (χ2n) is 5.50. The lowest BCUT2D eigenvalue weighted by Gasteiger charge is -2.11. The lowest BCUT2D eigenvalue weighted by atomic mass is 10.2. The first-order valence-corrected chi connectivity index (χ1v) is 8.21. The normalized spacial score (nSPS) is 17.4. The van der Waals surface area contributed by atoms with Crippen LogP contribution in [0.25, 0.3) is 5.69 Å². The van der Waals surface area contributed by atoms with Crippen LogP contribution in [0, 0.1) is 6.92 Å². The maximum Gasteiger partial charge on any atom is 0.254 e. The first kappa shape index (κ1) is 16.3. The Labute approximate surface area is 144 Å². The van der Waals surface area contributed by atoms with Crippen molar-refractivity contribution in [3.63, 3.8) is 0 Å². The van der Waals surface area contributed by atoms with E-state index < -0.39 is 0 Å². The Morgan fingerprint density at radius 2 is 2.26 bits per heavy atom. The summed E-state index contributed by atoms with van der Waals surface area (Å²) in [5, 5.41) is 8.11. The summed E-state index contributed by atoms with van der Waals surface area (Å²) in [5.41, 5.74) is 2.04. The highest BCUT2D eigenvalue weighted by Crippen LogP contribution is 2.25. The molecule has 0 unspecified atom stereocenters. The largest absolute Gasteiger partial charge is 0.376 e. The van der Waals surface area contributed by atoms with Gasteiger partial charge in [-0.15, -0.1) is 0 Å². The number of amides is 1. The van der Waals surface area contributed by atoms with E-state index >= 15 is 0 Å². The number of hydrogen-bond donors (Lipinski definition) is 1. The molecule has 1 saturated heterocycles. The van der Waals surface area contributed by atoms with E-state index in [9.17, 15) is 4.79 Å². The van der Waals surface area contributed by atoms with Crippen molar-refractivity contribution in [1.82, 2.24) is 15.1 Å². The Bertz CT molecular complexity index is 724. The number of benzene rings is 1. The quantitative estimate of drug-likeness (QED) is 0.916. The molecule has 0 spiro atoms. The SMILES string of the molecule is Cc1c(C(=O)NC[C@@H]2CCCO2)cnn1-c1ccc(Cl)c(Cl)c1. The minimum absolute atomic E-state index is 0.115. The lowest BCUT2D eigenvalue weighted by molar-refractivity contribution is 0.0857. The summed E-state index contributed by atoms with van der Waals surface area (Å²) in [7, 11) is 0. The molecular weight excluding hydrogens is 337 g/mol. The van der Waals surface area contributed by atoms with Gasteiger partial charge in [0.05, 0.1) is 39.3 Å². The van der Waals surface area contributed by atoms with E-state index in [2.05, 4.69) is 10.4 Å². The Morgan fingerprint density at radius 3 is 2.96 bits per heavy atom. The van der Waals surface area contributed by atoms with Crippen molar-refractivity contribution in [2.45, 2.75) is 25.9 Å². The zero-order chi connectivity index (χ0) is 16.4. The number of nitrogens with one attached hydrogen (secondary N) is 1. The molecule has 23 heavy (non-hydrogen) atoms. The van der Waals surface area contributed by atoms with E-state index in [4.69, 9.17) is 27.9 Å². The van der Waals surface area contributed by atoms with Crippen LogP contribution in [0.4, 0.5) is 0 Å². The van der Waals surface area contributed by atoms with Gasteiger partial charge >= 0.3 is 0 Å². The lowest BCUT2D eigenvalue weighted by Crippen LogP contribution is -2.32. The Morgan fingerprint density at radius 1 is 1.43 bits per heavy atom. The molecule has 0 saturated carbocycles. The summed E-state index contributed by atoms with van der Waals surface area (Å²) in [4.78, 5) is 12.3. The highest BCUT2D eigenvalue weighted by molar-refractivity contribution is 6.42. The number of aromatic nitrogens is 2. The number of carbonyl (C=O) groups is 1. The maximum atomic E-state index is 12.3. The average Bonchev–Trinajstić information content (AvgIpc) is 3.17. The van der Waals surface area contributed by atoms with E-state index in [1.165, 1.54) is 0 Å². The van der Waals surface area contributed by atoms with Gasteiger partial charge < -0.3 is 10.1 Å². The van der Waals surface area contributed by atoms with Crippen LogP contribution in [0.2, 0.25) is 10.0 Å². The standard InChI is InChI=1S/C16H17Cl2N3O2/c1-10-13(16(22)19-8-12-3-2-6-23-12)9-20-21(10)11-4-5-14(17)15(18)7-11/h4-5,7,9,12H,2-3,6,8H2,1H3,(H,19,22)/t12-/m0/s1. The van der Waals surface area contributed by atoms with E-state index in [0.717, 1.165) is 30.8 Å². The minimum atomic E-state index is -0.149. The molecule has 1 N–H and O–H groups in total. The summed E-state index contributed by atoms with van der Waals surface area (Å²) in [6, 6.07) is 5.23. The Hall–Kier alpha value is -1.56. The third-order valence-electron chi connectivity index (χ3n) is 3.92. The molecule has 0 bridgehead atoms. The van der Waals surface area contributed by atoms with Crippen molar-refractivity contribution in [1.29, 1.82) is 0 Å². The molecule has 1 fully saturated rings. The van der Waals surface area contributed by atoms with Crippen LogP contribution < -0.4 is 5.32 Å². The maximum absolute atomic E-state index is 12.3. The fourth-order valence-electron chi connectivity index (χ4n) is 2.62. The zero-order valence-corrected chi connectivity index (χ0v) is 14.2. The summed E-state index contributed by atoms with van der Waals surface area (Å²) < 4.78 is 7.18. The molecule has 3 rings (SSSR count). The molecule has 1 aliphatic heterocycles. The molecule has 122 valence electrons. The molecule has 5 nitrogen and oxygen atoms in total. The highest BCUT2D eigenvalue weighted by atomic mass is 35.5. The summed E-state index contributed by atoms with van der Waals surface area (Å²) in [6.07, 6.45) is 3.71. The highest BCUT2D eigenvalue weighted by Gasteiger charge is 2.19. The van der Waals surface area contributed by atoms with Gasteiger partial charge in [-0.2, -0.15) is 5.10 Å². The van der Waals surface area contributed by atoms with Crippen LogP contribution in [0.5, 0.6) is 0 Å². The number of nitrogens with zero attached hydrogens (tertiary/aromatic N) is 2. The minimum Gasteiger partial charge on any atom is -0.376 e. The fraction of sp³-hybridized carbons (Fsp3) is 0.375. The predicted molar refractivity (Wildman–Crippen MR) is 89.6 cm³/mol. The van der Waals surface area contributed by atoms with Crippen molar-refractivity contribution in [2.24, 2.45) is 0 Å². The first-order chi connectivity index (χ1) is 11.1. The Balaban J connectivity index is 1.75. The van der Waals surface area contributed by atoms with Gasteiger partial charge in [0.25, 0.3) is 5.91 Å². The topological polar surface area (TPSA) is 56.1 Å². The molecule has 1 amide bonds. The molecule has 1 atom stereocenters. The van der Waals surface area contributed by atoms with Crippen LogP contribution >= 0.6 is 23.2 Å². The van der Waals surface area contributed by atoms with Crippen LogP contribution in [-0.4, -0.2) is 34.9 Å². The molecule has 2 aromatic rings. The molecule has 0 radical (unpaired) electrons. The summed E-state index contributed by atoms with van der Waals surface area (Å²) >= 11 is 12.0. The van der Waals surface area contributed by atoms with Gasteiger partial charge in [-0.25, -0.2) is 4.68 Å². The average molecular weight is 354 g/mol. The van der Waals surface area contributed by atoms with Gasteiger partial charge in [-0.05, 0) is 38.0 Å². The smallest absolute Gasteiger partial charge is 0.254 e. The van der Waals surface area contributed by atoms with Crippen molar-refractivity contribution >= 4 is 29.1 Å². The number of hydrogen-bond acceptors (Lipinski definition) is 3. The fourth-order valence-corrected chi connectivity index (χ4v) is 2.91. The van der Waals surface area contributed by atoms with Gasteiger partial charge in [0, 0.05) is 13.2 Å². The van der Waals surface area contributed by atoms with E-state index in [0.29, 0.717) is 22.2 Å². The van der Waals surface area contributed by atoms with Gasteiger partial charge in [0.2, 0.25) is 0 Å². The van der Waals surface area contributed by atoms with Gasteiger partial charge in [-0.3, -0.25) is 4.79 Å². The van der Waals surface area contributed by atoms with E-state index in [1.807, 2.05) is 13.0 Å². The van der Waals surface area contributed by atoms with Crippen LogP contribution in [0.1, 0.15) is 28.9 Å². The molecule has 1 aromatic heterocycles. The predicted octanol–water partition coefficient (Wildman–Crippen LogP) is 3.40. The monoisotopic (exact) mass is 353 g/mol. The molecule has 0 aliphatic carbocycles. The van der Waals surface area contributed by atoms with Crippen LogP contribution in [0.3, 0.4) is 0 Å². The van der Waals surface area contributed by atoms with Crippen molar-refractivity contribution in [3.05, 3.63) is 45.7 Å². The third-order valence-corrected chi connectivity index (χ3v) is 4.66. The molecule has 2 heterocycles. The molecule has 1 aliphatic rings. The van der Waals surface area contributed by atoms with Gasteiger partial charge in [0.15, 0.2) is 0 Å². The van der Waals surface area contributed by atoms with E-state index in [-0.39, 0.29) is 12.0 Å². The number of halogens is 2. The summed E-state index contributed by atoms with van der Waals surface area (Å²) in [6.45, 7) is 3.14. The second kappa shape index (κ2) is 6.91. The van der Waals surface area contributed by atoms with Crippen LogP contribution in [-0.2, 0) is 4.74 Å². The third kappa shape index (κ3) is 3.52. The number of carbonyl (C=O) groups excluding carboxylic acids is 1. The van der Waals surface area contributed by atoms with Gasteiger partial charge in [-0.1, -0.05) is 23.2 Å². The molecule has 1 aromatic carbocycles. The number of rotatable bonds is 4. The molecular formula is C16H17Cl2N3O2. The van der Waals surface area contributed by atoms with E-state index in [1.54, 1.807) is 23.0 Å². The van der Waals surface area contributed by atoms with Gasteiger partial charge in [0.1, 0.15) is 0 Å². The summed E-state index contributed by atoms with van der Waals surface area (Å²) in [5.74, 6) is -0.149. The Kier molecular flexibility index (Phi) is 4.90. The number of ether oxygens (including phenoxy) is 1. The van der Waals surface area contributed by atoms with Crippen molar-refractivity contribution in [2.75, 3.05) is 13.2 Å². The second-order valence-corrected chi connectivity index (χ2v) is 6.31.